The van der Waals surface area contributed by atoms with Crippen molar-refractivity contribution in [3.63, 3.8) is 0 Å². The lowest BCUT2D eigenvalue weighted by Crippen LogP contribution is -1.92. The number of aromatic nitrogens is 1. The third kappa shape index (κ3) is 1.68. The Kier molecular flexibility index (Phi) is 2.81. The first kappa shape index (κ1) is 8.45. The third-order valence-corrected chi connectivity index (χ3v) is 2.14. The third-order valence-electron chi connectivity index (χ3n) is 1.27. The van der Waals surface area contributed by atoms with Gasteiger partial charge in [-0.25, -0.2) is 4.98 Å². The van der Waals surface area contributed by atoms with Crippen molar-refractivity contribution in [3.05, 3.63) is 15.8 Å². The van der Waals surface area contributed by atoms with Crippen LogP contribution < -0.4 is 5.32 Å². The topological polar surface area (TPSA) is 37.3 Å². The maximum atomic E-state index is 4.08. The van der Waals surface area contributed by atoms with Gasteiger partial charge in [0.25, 0.3) is 0 Å². The molecule has 0 spiro atoms. The summed E-state index contributed by atoms with van der Waals surface area (Å²) in [6.07, 6.45) is 1.74. The Labute approximate surface area is 79.1 Å². The lowest BCUT2D eigenvalue weighted by atomic mass is 10.4. The van der Waals surface area contributed by atoms with E-state index in [0.29, 0.717) is 0 Å². The van der Waals surface area contributed by atoms with E-state index in [0.717, 1.165) is 15.1 Å². The van der Waals surface area contributed by atoms with E-state index in [9.17, 15) is 0 Å². The molecule has 0 aromatic carbocycles. The van der Waals surface area contributed by atoms with Crippen molar-refractivity contribution in [3.8, 4) is 0 Å². The molecule has 1 aromatic heterocycles. The molecule has 3 nitrogen and oxygen atoms in total. The van der Waals surface area contributed by atoms with Gasteiger partial charge in [0.2, 0.25) is 0 Å². The highest BCUT2D eigenvalue weighted by atomic mass is 127. The number of rotatable bonds is 2. The van der Waals surface area contributed by atoms with Crippen molar-refractivity contribution >= 4 is 40.8 Å². The molecular formula is C7H8IN3. The molecule has 1 N–H and O–H groups in total. The summed E-state index contributed by atoms with van der Waals surface area (Å²) in [7, 11) is 1.81. The van der Waals surface area contributed by atoms with Gasteiger partial charge in [0.05, 0.1) is 0 Å². The fourth-order valence-electron chi connectivity index (χ4n) is 0.764. The molecule has 0 amide bonds. The fraction of sp³-hybridized carbons (Fsp3) is 0.143. The van der Waals surface area contributed by atoms with Crippen molar-refractivity contribution in [2.24, 2.45) is 4.99 Å². The average Bonchev–Trinajstić information content (AvgIpc) is 2.04. The standard InChI is InChI=1S/C7H8IN3/c1-9-6-5(8)3-4-11-7(6)10-2/h3-4H,1H2,2H3,(H,10,11). The van der Waals surface area contributed by atoms with Crippen molar-refractivity contribution in [2.75, 3.05) is 12.4 Å². The minimum atomic E-state index is 0.770. The minimum absolute atomic E-state index is 0.770. The number of aliphatic imine (C=N–C) groups is 1. The zero-order valence-electron chi connectivity index (χ0n) is 6.13. The largest absolute Gasteiger partial charge is 0.371 e. The highest BCUT2D eigenvalue weighted by Gasteiger charge is 2.02. The monoisotopic (exact) mass is 261 g/mol. The summed E-state index contributed by atoms with van der Waals surface area (Å²) in [5.41, 5.74) is 0.815. The van der Waals surface area contributed by atoms with E-state index < -0.39 is 0 Å². The molecule has 0 aliphatic rings. The summed E-state index contributed by atoms with van der Waals surface area (Å²) in [6.45, 7) is 3.47. The molecular weight excluding hydrogens is 253 g/mol. The Morgan fingerprint density at radius 1 is 1.73 bits per heavy atom. The number of anilines is 1. The number of pyridine rings is 1. The Bertz CT molecular complexity index is 272. The molecule has 0 radical (unpaired) electrons. The Morgan fingerprint density at radius 2 is 2.45 bits per heavy atom. The predicted octanol–water partition coefficient (Wildman–Crippen LogP) is 2.06. The van der Waals surface area contributed by atoms with Crippen LogP contribution in [0.25, 0.3) is 0 Å². The van der Waals surface area contributed by atoms with E-state index >= 15 is 0 Å². The number of halogens is 1. The molecule has 0 unspecified atom stereocenters. The van der Waals surface area contributed by atoms with E-state index in [1.807, 2.05) is 13.1 Å². The van der Waals surface area contributed by atoms with Gasteiger partial charge < -0.3 is 5.32 Å². The lowest BCUT2D eigenvalue weighted by Gasteiger charge is -2.03. The van der Waals surface area contributed by atoms with Crippen LogP contribution >= 0.6 is 22.6 Å². The molecule has 0 atom stereocenters. The maximum absolute atomic E-state index is 4.08. The normalized spacial score (nSPS) is 9.27. The maximum Gasteiger partial charge on any atom is 0.152 e. The van der Waals surface area contributed by atoms with E-state index in [1.54, 1.807) is 6.20 Å². The highest BCUT2D eigenvalue weighted by Crippen LogP contribution is 2.26. The van der Waals surface area contributed by atoms with E-state index in [4.69, 9.17) is 0 Å². The second kappa shape index (κ2) is 3.66. The van der Waals surface area contributed by atoms with E-state index in [-0.39, 0.29) is 0 Å². The number of hydrogen-bond acceptors (Lipinski definition) is 3. The fourth-order valence-corrected chi connectivity index (χ4v) is 1.35. The van der Waals surface area contributed by atoms with E-state index in [1.165, 1.54) is 0 Å². The van der Waals surface area contributed by atoms with Crippen LogP contribution in [0, 0.1) is 3.57 Å². The molecule has 4 heteroatoms. The van der Waals surface area contributed by atoms with Gasteiger partial charge in [0, 0.05) is 16.8 Å². The van der Waals surface area contributed by atoms with Crippen LogP contribution in [-0.2, 0) is 0 Å². The molecule has 1 rings (SSSR count). The Balaban J connectivity index is 3.24. The number of nitrogens with one attached hydrogen (secondary N) is 1. The van der Waals surface area contributed by atoms with Crippen LogP contribution in [0.5, 0.6) is 0 Å². The predicted molar refractivity (Wildman–Crippen MR) is 55.7 cm³/mol. The van der Waals surface area contributed by atoms with Crippen LogP contribution in [0.1, 0.15) is 0 Å². The Morgan fingerprint density at radius 3 is 2.91 bits per heavy atom. The second-order valence-corrected chi connectivity index (χ2v) is 3.06. The summed E-state index contributed by atoms with van der Waals surface area (Å²) in [5, 5.41) is 2.94. The van der Waals surface area contributed by atoms with Gasteiger partial charge in [-0.3, -0.25) is 4.99 Å². The molecule has 11 heavy (non-hydrogen) atoms. The van der Waals surface area contributed by atoms with Crippen LogP contribution in [0.4, 0.5) is 11.5 Å². The Hall–Kier alpha value is -0.650. The smallest absolute Gasteiger partial charge is 0.152 e. The van der Waals surface area contributed by atoms with Gasteiger partial charge in [-0.05, 0) is 35.4 Å². The highest BCUT2D eigenvalue weighted by molar-refractivity contribution is 14.1. The molecule has 0 aliphatic heterocycles. The van der Waals surface area contributed by atoms with Crippen molar-refractivity contribution in [2.45, 2.75) is 0 Å². The first-order chi connectivity index (χ1) is 5.29. The van der Waals surface area contributed by atoms with Crippen LogP contribution in [0.3, 0.4) is 0 Å². The summed E-state index contributed by atoms with van der Waals surface area (Å²) in [6, 6.07) is 1.89. The number of hydrogen-bond donors (Lipinski definition) is 1. The van der Waals surface area contributed by atoms with Crippen molar-refractivity contribution in [1.29, 1.82) is 0 Å². The average molecular weight is 261 g/mol. The summed E-state index contributed by atoms with van der Waals surface area (Å²) in [5.74, 6) is 0.770. The summed E-state index contributed by atoms with van der Waals surface area (Å²) >= 11 is 2.20. The molecule has 0 bridgehead atoms. The van der Waals surface area contributed by atoms with Gasteiger partial charge in [0.1, 0.15) is 5.69 Å². The summed E-state index contributed by atoms with van der Waals surface area (Å²) in [4.78, 5) is 7.94. The van der Waals surface area contributed by atoms with Gasteiger partial charge in [-0.2, -0.15) is 0 Å². The van der Waals surface area contributed by atoms with Crippen LogP contribution in [0.2, 0.25) is 0 Å². The molecule has 58 valence electrons. The first-order valence-corrected chi connectivity index (χ1v) is 4.16. The minimum Gasteiger partial charge on any atom is -0.371 e. The summed E-state index contributed by atoms with van der Waals surface area (Å²) < 4.78 is 1.05. The molecule has 0 saturated heterocycles. The van der Waals surface area contributed by atoms with Crippen molar-refractivity contribution < 1.29 is 0 Å². The first-order valence-electron chi connectivity index (χ1n) is 3.08. The van der Waals surface area contributed by atoms with Crippen LogP contribution in [-0.4, -0.2) is 18.7 Å². The second-order valence-electron chi connectivity index (χ2n) is 1.90. The van der Waals surface area contributed by atoms with Gasteiger partial charge in [-0.1, -0.05) is 0 Å². The molecule has 0 aliphatic carbocycles. The molecule has 0 fully saturated rings. The molecule has 1 aromatic rings. The van der Waals surface area contributed by atoms with Crippen LogP contribution in [0.15, 0.2) is 17.3 Å². The van der Waals surface area contributed by atoms with Gasteiger partial charge in [-0.15, -0.1) is 0 Å². The zero-order valence-corrected chi connectivity index (χ0v) is 8.29. The van der Waals surface area contributed by atoms with Crippen molar-refractivity contribution in [1.82, 2.24) is 4.98 Å². The lowest BCUT2D eigenvalue weighted by molar-refractivity contribution is 1.26. The molecule has 0 saturated carbocycles. The molecule has 1 heterocycles. The zero-order chi connectivity index (χ0) is 8.27. The quantitative estimate of drug-likeness (QED) is 0.653. The van der Waals surface area contributed by atoms with Gasteiger partial charge in [0.15, 0.2) is 5.82 Å². The van der Waals surface area contributed by atoms with E-state index in [2.05, 4.69) is 44.6 Å². The SMILES string of the molecule is C=Nc1c(I)ccnc1NC. The van der Waals surface area contributed by atoms with Gasteiger partial charge >= 0.3 is 0 Å². The number of nitrogens with zero attached hydrogens (tertiary/aromatic N) is 2.